The molecule has 2 aromatic rings. The van der Waals surface area contributed by atoms with Gasteiger partial charge < -0.3 is 15.0 Å². The Morgan fingerprint density at radius 3 is 2.39 bits per heavy atom. The number of nitrogens with zero attached hydrogens (tertiary/aromatic N) is 1. The minimum Gasteiger partial charge on any atom is -0.483 e. The Labute approximate surface area is 194 Å². The summed E-state index contributed by atoms with van der Waals surface area (Å²) in [6.45, 7) is 9.60. The number of halogens is 2. The molecule has 1 unspecified atom stereocenters. The molecule has 0 aromatic heterocycles. The molecule has 0 spiro atoms. The third-order valence-corrected chi connectivity index (χ3v) is 5.59. The summed E-state index contributed by atoms with van der Waals surface area (Å²) in [7, 11) is 0. The average molecular weight is 465 g/mol. The fourth-order valence-corrected chi connectivity index (χ4v) is 3.54. The van der Waals surface area contributed by atoms with Crippen molar-refractivity contribution in [3.63, 3.8) is 0 Å². The van der Waals surface area contributed by atoms with Gasteiger partial charge in [0.2, 0.25) is 5.91 Å². The van der Waals surface area contributed by atoms with Crippen LogP contribution in [0.15, 0.2) is 36.4 Å². The van der Waals surface area contributed by atoms with Gasteiger partial charge in [-0.2, -0.15) is 0 Å². The van der Waals surface area contributed by atoms with Crippen LogP contribution in [0.25, 0.3) is 0 Å². The molecular weight excluding hydrogens is 435 g/mol. The van der Waals surface area contributed by atoms with Gasteiger partial charge in [-0.3, -0.25) is 9.59 Å². The number of nitrogens with one attached hydrogen (secondary N) is 1. The van der Waals surface area contributed by atoms with E-state index in [-0.39, 0.29) is 31.0 Å². The maximum Gasteiger partial charge on any atom is 0.261 e. The highest BCUT2D eigenvalue weighted by atomic mass is 35.5. The van der Waals surface area contributed by atoms with Crippen LogP contribution in [0.4, 0.5) is 0 Å². The van der Waals surface area contributed by atoms with Crippen molar-refractivity contribution in [1.82, 2.24) is 10.2 Å². The minimum atomic E-state index is -0.633. The molecule has 0 saturated carbocycles. The van der Waals surface area contributed by atoms with E-state index in [0.717, 1.165) is 16.7 Å². The standard InChI is InChI=1S/C24H30Cl2N2O3/c1-6-21(24(30)27-15(2)3)28(13-18-9-10-19(25)20(26)12-18)23(29)14-31-22-11-16(4)7-8-17(22)5/h7-12,15,21H,6,13-14H2,1-5H3,(H,27,30). The van der Waals surface area contributed by atoms with Crippen molar-refractivity contribution in [2.45, 2.75) is 59.7 Å². The maximum absolute atomic E-state index is 13.2. The van der Waals surface area contributed by atoms with Crippen molar-refractivity contribution in [3.8, 4) is 5.75 Å². The number of carbonyl (C=O) groups is 2. The molecule has 0 aliphatic carbocycles. The zero-order chi connectivity index (χ0) is 23.1. The lowest BCUT2D eigenvalue weighted by molar-refractivity contribution is -0.143. The number of aryl methyl sites for hydroxylation is 2. The maximum atomic E-state index is 13.2. The number of carbonyl (C=O) groups excluding carboxylic acids is 2. The summed E-state index contributed by atoms with van der Waals surface area (Å²) in [5.74, 6) is 0.179. The Balaban J connectivity index is 2.27. The van der Waals surface area contributed by atoms with Crippen LogP contribution >= 0.6 is 23.2 Å². The Bertz CT molecular complexity index is 931. The van der Waals surface area contributed by atoms with E-state index in [1.807, 2.05) is 52.8 Å². The van der Waals surface area contributed by atoms with Gasteiger partial charge in [-0.15, -0.1) is 0 Å². The number of hydrogen-bond acceptors (Lipinski definition) is 3. The molecular formula is C24H30Cl2N2O3. The van der Waals surface area contributed by atoms with Gasteiger partial charge >= 0.3 is 0 Å². The minimum absolute atomic E-state index is 0.0327. The molecule has 0 heterocycles. The largest absolute Gasteiger partial charge is 0.483 e. The molecule has 0 fully saturated rings. The Kier molecular flexibility index (Phi) is 9.20. The van der Waals surface area contributed by atoms with Crippen molar-refractivity contribution < 1.29 is 14.3 Å². The second kappa shape index (κ2) is 11.4. The highest BCUT2D eigenvalue weighted by molar-refractivity contribution is 6.42. The van der Waals surface area contributed by atoms with Crippen LogP contribution in [0.5, 0.6) is 5.75 Å². The summed E-state index contributed by atoms with van der Waals surface area (Å²) in [6.07, 6.45) is 0.467. The molecule has 168 valence electrons. The molecule has 0 radical (unpaired) electrons. The number of ether oxygens (including phenoxy) is 1. The first-order valence-corrected chi connectivity index (χ1v) is 11.1. The monoisotopic (exact) mass is 464 g/mol. The summed E-state index contributed by atoms with van der Waals surface area (Å²) in [5, 5.41) is 3.74. The van der Waals surface area contributed by atoms with Gasteiger partial charge in [0.25, 0.3) is 5.91 Å². The van der Waals surface area contributed by atoms with Gasteiger partial charge in [0.15, 0.2) is 6.61 Å². The van der Waals surface area contributed by atoms with E-state index in [0.29, 0.717) is 22.2 Å². The molecule has 31 heavy (non-hydrogen) atoms. The van der Waals surface area contributed by atoms with Crippen molar-refractivity contribution in [3.05, 3.63) is 63.1 Å². The zero-order valence-electron chi connectivity index (χ0n) is 18.7. The molecule has 2 aromatic carbocycles. The lowest BCUT2D eigenvalue weighted by Gasteiger charge is -2.31. The number of hydrogen-bond donors (Lipinski definition) is 1. The van der Waals surface area contributed by atoms with Crippen LogP contribution < -0.4 is 10.1 Å². The van der Waals surface area contributed by atoms with Crippen molar-refractivity contribution in [2.75, 3.05) is 6.61 Å². The average Bonchev–Trinajstić information content (AvgIpc) is 2.70. The first kappa shape index (κ1) is 25.0. The van der Waals surface area contributed by atoms with Gasteiger partial charge in [-0.1, -0.05) is 48.3 Å². The first-order valence-electron chi connectivity index (χ1n) is 10.4. The van der Waals surface area contributed by atoms with Crippen LogP contribution in [-0.4, -0.2) is 35.4 Å². The van der Waals surface area contributed by atoms with Crippen LogP contribution in [-0.2, 0) is 16.1 Å². The molecule has 1 atom stereocenters. The fourth-order valence-electron chi connectivity index (χ4n) is 3.22. The lowest BCUT2D eigenvalue weighted by atomic mass is 10.1. The summed E-state index contributed by atoms with van der Waals surface area (Å²) >= 11 is 12.2. The van der Waals surface area contributed by atoms with Gasteiger partial charge in [-0.05, 0) is 69.0 Å². The van der Waals surface area contributed by atoms with Crippen LogP contribution in [0.3, 0.4) is 0 Å². The summed E-state index contributed by atoms with van der Waals surface area (Å²) in [6, 6.07) is 10.4. The van der Waals surface area contributed by atoms with E-state index in [2.05, 4.69) is 5.32 Å². The normalized spacial score (nSPS) is 11.9. The Morgan fingerprint density at radius 2 is 1.77 bits per heavy atom. The molecule has 5 nitrogen and oxygen atoms in total. The van der Waals surface area contributed by atoms with E-state index in [1.165, 1.54) is 0 Å². The van der Waals surface area contributed by atoms with Crippen LogP contribution in [0.2, 0.25) is 10.0 Å². The second-order valence-electron chi connectivity index (χ2n) is 7.92. The smallest absolute Gasteiger partial charge is 0.261 e. The topological polar surface area (TPSA) is 58.6 Å². The third kappa shape index (κ3) is 7.15. The predicted molar refractivity (Wildman–Crippen MR) is 126 cm³/mol. The van der Waals surface area contributed by atoms with Gasteiger partial charge in [-0.25, -0.2) is 0 Å². The molecule has 2 amide bonds. The van der Waals surface area contributed by atoms with E-state index >= 15 is 0 Å². The fraction of sp³-hybridized carbons (Fsp3) is 0.417. The summed E-state index contributed by atoms with van der Waals surface area (Å²) in [4.78, 5) is 27.6. The van der Waals surface area contributed by atoms with Gasteiger partial charge in [0.05, 0.1) is 10.0 Å². The second-order valence-corrected chi connectivity index (χ2v) is 8.73. The number of amides is 2. The van der Waals surface area contributed by atoms with E-state index < -0.39 is 6.04 Å². The van der Waals surface area contributed by atoms with Crippen molar-refractivity contribution in [2.24, 2.45) is 0 Å². The Morgan fingerprint density at radius 1 is 1.06 bits per heavy atom. The highest BCUT2D eigenvalue weighted by Crippen LogP contribution is 2.24. The highest BCUT2D eigenvalue weighted by Gasteiger charge is 2.29. The number of benzene rings is 2. The van der Waals surface area contributed by atoms with Gasteiger partial charge in [0, 0.05) is 12.6 Å². The van der Waals surface area contributed by atoms with E-state index in [1.54, 1.807) is 23.1 Å². The first-order chi connectivity index (χ1) is 14.6. The Hall–Kier alpha value is -2.24. The van der Waals surface area contributed by atoms with Gasteiger partial charge in [0.1, 0.15) is 11.8 Å². The molecule has 7 heteroatoms. The SMILES string of the molecule is CCC(C(=O)NC(C)C)N(Cc1ccc(Cl)c(Cl)c1)C(=O)COc1cc(C)ccc1C. The lowest BCUT2D eigenvalue weighted by Crippen LogP contribution is -2.51. The molecule has 1 N–H and O–H groups in total. The van der Waals surface area contributed by atoms with E-state index in [4.69, 9.17) is 27.9 Å². The summed E-state index contributed by atoms with van der Waals surface area (Å²) in [5.41, 5.74) is 2.77. The third-order valence-electron chi connectivity index (χ3n) is 4.85. The molecule has 0 bridgehead atoms. The number of rotatable bonds is 9. The molecule has 0 aliphatic heterocycles. The predicted octanol–water partition coefficient (Wildman–Crippen LogP) is 5.32. The quantitative estimate of drug-likeness (QED) is 0.545. The molecule has 2 rings (SSSR count). The zero-order valence-corrected chi connectivity index (χ0v) is 20.2. The molecule has 0 saturated heterocycles. The van der Waals surface area contributed by atoms with Crippen LogP contribution in [0, 0.1) is 13.8 Å². The van der Waals surface area contributed by atoms with E-state index in [9.17, 15) is 9.59 Å². The van der Waals surface area contributed by atoms with Crippen molar-refractivity contribution >= 4 is 35.0 Å². The van der Waals surface area contributed by atoms with Crippen LogP contribution in [0.1, 0.15) is 43.9 Å². The molecule has 0 aliphatic rings. The van der Waals surface area contributed by atoms with Crippen molar-refractivity contribution in [1.29, 1.82) is 0 Å². The summed E-state index contributed by atoms with van der Waals surface area (Å²) < 4.78 is 5.83.